The number of nitrogens with two attached hydrogens (primary N) is 1. The first-order valence-electron chi connectivity index (χ1n) is 9.66. The molecule has 0 bridgehead atoms. The SMILES string of the molecule is CC(C)C[C@H](NC(=O)[C@@H]1CCCN1C(=O)CNC(=O)CN)C(=O)N[C@@H](C)C(=O)O. The molecule has 1 fully saturated rings. The van der Waals surface area contributed by atoms with E-state index in [0.29, 0.717) is 25.8 Å². The van der Waals surface area contributed by atoms with Crippen LogP contribution in [0.5, 0.6) is 0 Å². The topological polar surface area (TPSA) is 171 Å². The zero-order chi connectivity index (χ0) is 22.1. The first-order valence-corrected chi connectivity index (χ1v) is 9.66. The highest BCUT2D eigenvalue weighted by molar-refractivity contribution is 5.94. The number of nitrogens with zero attached hydrogens (tertiary/aromatic N) is 1. The lowest BCUT2D eigenvalue weighted by Gasteiger charge is -2.27. The highest BCUT2D eigenvalue weighted by Gasteiger charge is 2.36. The fourth-order valence-corrected chi connectivity index (χ4v) is 3.03. The summed E-state index contributed by atoms with van der Waals surface area (Å²) >= 11 is 0. The minimum Gasteiger partial charge on any atom is -0.480 e. The van der Waals surface area contributed by atoms with E-state index < -0.39 is 47.7 Å². The first kappa shape index (κ1) is 24.3. The third-order valence-electron chi connectivity index (χ3n) is 4.57. The molecule has 164 valence electrons. The van der Waals surface area contributed by atoms with Crippen LogP contribution < -0.4 is 21.7 Å². The minimum atomic E-state index is -1.18. The highest BCUT2D eigenvalue weighted by atomic mass is 16.4. The molecule has 0 spiro atoms. The molecule has 3 atom stereocenters. The van der Waals surface area contributed by atoms with Gasteiger partial charge in [-0.1, -0.05) is 13.8 Å². The third-order valence-corrected chi connectivity index (χ3v) is 4.57. The van der Waals surface area contributed by atoms with E-state index >= 15 is 0 Å². The van der Waals surface area contributed by atoms with Crippen LogP contribution in [0.2, 0.25) is 0 Å². The fourth-order valence-electron chi connectivity index (χ4n) is 3.03. The van der Waals surface area contributed by atoms with Crippen LogP contribution in [0.3, 0.4) is 0 Å². The molecule has 0 aromatic carbocycles. The van der Waals surface area contributed by atoms with Crippen molar-refractivity contribution in [1.82, 2.24) is 20.9 Å². The van der Waals surface area contributed by atoms with Gasteiger partial charge in [0.25, 0.3) is 0 Å². The van der Waals surface area contributed by atoms with Gasteiger partial charge in [-0.15, -0.1) is 0 Å². The molecule has 1 saturated heterocycles. The van der Waals surface area contributed by atoms with Crippen molar-refractivity contribution in [3.8, 4) is 0 Å². The van der Waals surface area contributed by atoms with Crippen LogP contribution in [0.1, 0.15) is 40.0 Å². The molecule has 0 aromatic heterocycles. The standard InChI is InChI=1S/C18H31N5O6/c1-10(2)7-12(16(26)21-11(3)18(28)29)22-17(27)13-5-4-6-23(13)15(25)9-20-14(24)8-19/h10-13H,4-9,19H2,1-3H3,(H,20,24)(H,21,26)(H,22,27)(H,28,29)/t11-,12-,13-/m0/s1. The van der Waals surface area contributed by atoms with E-state index in [2.05, 4.69) is 16.0 Å². The molecule has 0 saturated carbocycles. The number of amides is 4. The molecule has 11 nitrogen and oxygen atoms in total. The number of rotatable bonds is 10. The second-order valence-electron chi connectivity index (χ2n) is 7.49. The van der Waals surface area contributed by atoms with Gasteiger partial charge in [0.15, 0.2) is 0 Å². The maximum atomic E-state index is 12.8. The van der Waals surface area contributed by atoms with Gasteiger partial charge in [-0.2, -0.15) is 0 Å². The highest BCUT2D eigenvalue weighted by Crippen LogP contribution is 2.18. The molecular formula is C18H31N5O6. The molecule has 6 N–H and O–H groups in total. The number of carboxylic acid groups (broad SMARTS) is 1. The lowest BCUT2D eigenvalue weighted by molar-refractivity contribution is -0.142. The van der Waals surface area contributed by atoms with E-state index in [1.165, 1.54) is 11.8 Å². The Morgan fingerprint density at radius 2 is 1.79 bits per heavy atom. The number of hydrogen-bond acceptors (Lipinski definition) is 6. The molecule has 1 heterocycles. The maximum Gasteiger partial charge on any atom is 0.325 e. The summed E-state index contributed by atoms with van der Waals surface area (Å²) in [6.07, 6.45) is 1.37. The van der Waals surface area contributed by atoms with E-state index in [1.54, 1.807) is 0 Å². The Morgan fingerprint density at radius 3 is 2.34 bits per heavy atom. The summed E-state index contributed by atoms with van der Waals surface area (Å²) in [6, 6.07) is -2.76. The molecule has 11 heteroatoms. The van der Waals surface area contributed by atoms with Gasteiger partial charge in [0, 0.05) is 6.54 Å². The minimum absolute atomic E-state index is 0.0685. The van der Waals surface area contributed by atoms with Crippen molar-refractivity contribution in [3.63, 3.8) is 0 Å². The second kappa shape index (κ2) is 11.3. The fraction of sp³-hybridized carbons (Fsp3) is 0.722. The average molecular weight is 413 g/mol. The van der Waals surface area contributed by atoms with Crippen molar-refractivity contribution in [2.24, 2.45) is 11.7 Å². The van der Waals surface area contributed by atoms with Gasteiger partial charge in [-0.25, -0.2) is 0 Å². The summed E-state index contributed by atoms with van der Waals surface area (Å²) in [7, 11) is 0. The predicted octanol–water partition coefficient (Wildman–Crippen LogP) is -1.83. The third kappa shape index (κ3) is 7.68. The predicted molar refractivity (Wildman–Crippen MR) is 103 cm³/mol. The zero-order valence-corrected chi connectivity index (χ0v) is 17.1. The summed E-state index contributed by atoms with van der Waals surface area (Å²) in [5.41, 5.74) is 5.19. The van der Waals surface area contributed by atoms with Crippen molar-refractivity contribution < 1.29 is 29.1 Å². The van der Waals surface area contributed by atoms with Gasteiger partial charge in [-0.3, -0.25) is 24.0 Å². The van der Waals surface area contributed by atoms with Crippen molar-refractivity contribution in [1.29, 1.82) is 0 Å². The second-order valence-corrected chi connectivity index (χ2v) is 7.49. The van der Waals surface area contributed by atoms with Gasteiger partial charge in [0.1, 0.15) is 18.1 Å². The van der Waals surface area contributed by atoms with E-state index in [4.69, 9.17) is 10.8 Å². The number of likely N-dealkylation sites (tertiary alicyclic amines) is 1. The number of nitrogens with one attached hydrogen (secondary N) is 3. The Kier molecular flexibility index (Phi) is 9.53. The number of carbonyl (C=O) groups excluding carboxylic acids is 4. The monoisotopic (exact) mass is 413 g/mol. The van der Waals surface area contributed by atoms with Crippen LogP contribution in [0, 0.1) is 5.92 Å². The largest absolute Gasteiger partial charge is 0.480 e. The van der Waals surface area contributed by atoms with Crippen LogP contribution in [0.25, 0.3) is 0 Å². The van der Waals surface area contributed by atoms with Crippen LogP contribution in [-0.4, -0.2) is 77.4 Å². The molecule has 0 aliphatic carbocycles. The van der Waals surface area contributed by atoms with Gasteiger partial charge in [0.05, 0.1) is 13.1 Å². The van der Waals surface area contributed by atoms with Crippen LogP contribution in [0.4, 0.5) is 0 Å². The van der Waals surface area contributed by atoms with E-state index in [0.717, 1.165) is 0 Å². The summed E-state index contributed by atoms with van der Waals surface area (Å²) < 4.78 is 0. The van der Waals surface area contributed by atoms with Crippen LogP contribution in [-0.2, 0) is 24.0 Å². The number of carboxylic acids is 1. The Hall–Kier alpha value is -2.69. The summed E-state index contributed by atoms with van der Waals surface area (Å²) in [4.78, 5) is 61.1. The molecule has 0 unspecified atom stereocenters. The molecule has 4 amide bonds. The summed E-state index contributed by atoms with van der Waals surface area (Å²) in [5.74, 6) is -3.06. The van der Waals surface area contributed by atoms with Gasteiger partial charge in [0.2, 0.25) is 23.6 Å². The molecule has 0 radical (unpaired) electrons. The zero-order valence-electron chi connectivity index (χ0n) is 17.1. The van der Waals surface area contributed by atoms with Crippen molar-refractivity contribution in [2.75, 3.05) is 19.6 Å². The maximum absolute atomic E-state index is 12.8. The van der Waals surface area contributed by atoms with Crippen molar-refractivity contribution >= 4 is 29.6 Å². The van der Waals surface area contributed by atoms with E-state index in [1.807, 2.05) is 13.8 Å². The first-order chi connectivity index (χ1) is 13.6. The molecule has 0 aromatic rings. The Balaban J connectivity index is 2.78. The van der Waals surface area contributed by atoms with Gasteiger partial charge in [-0.05, 0) is 32.1 Å². The van der Waals surface area contributed by atoms with Gasteiger partial charge >= 0.3 is 5.97 Å². The Morgan fingerprint density at radius 1 is 1.14 bits per heavy atom. The molecule has 1 aliphatic rings. The molecule has 1 aliphatic heterocycles. The number of hydrogen-bond donors (Lipinski definition) is 5. The molecular weight excluding hydrogens is 382 g/mol. The summed E-state index contributed by atoms with van der Waals surface area (Å²) in [6.45, 7) is 4.95. The van der Waals surface area contributed by atoms with Crippen LogP contribution in [0.15, 0.2) is 0 Å². The normalized spacial score (nSPS) is 18.1. The summed E-state index contributed by atoms with van der Waals surface area (Å²) in [5, 5.41) is 16.4. The van der Waals surface area contributed by atoms with Crippen molar-refractivity contribution in [3.05, 3.63) is 0 Å². The lowest BCUT2D eigenvalue weighted by atomic mass is 10.0. The van der Waals surface area contributed by atoms with Crippen molar-refractivity contribution in [2.45, 2.75) is 58.2 Å². The van der Waals surface area contributed by atoms with E-state index in [9.17, 15) is 24.0 Å². The Bertz CT molecular complexity index is 638. The average Bonchev–Trinajstić information content (AvgIpc) is 3.14. The molecule has 1 rings (SSSR count). The Labute approximate surface area is 169 Å². The van der Waals surface area contributed by atoms with Crippen LogP contribution >= 0.6 is 0 Å². The van der Waals surface area contributed by atoms with Gasteiger partial charge < -0.3 is 31.7 Å². The quantitative estimate of drug-likeness (QED) is 0.280. The smallest absolute Gasteiger partial charge is 0.325 e. The number of aliphatic carboxylic acids is 1. The number of carbonyl (C=O) groups is 5. The molecule has 29 heavy (non-hydrogen) atoms. The lowest BCUT2D eigenvalue weighted by Crippen LogP contribution is -2.56. The van der Waals surface area contributed by atoms with E-state index in [-0.39, 0.29) is 19.0 Å².